The number of aliphatic imine (C=N–C) groups is 1. The van der Waals surface area contributed by atoms with Crippen LogP contribution in [0.15, 0.2) is 47.8 Å². The summed E-state index contributed by atoms with van der Waals surface area (Å²) in [6.45, 7) is 1.86. The van der Waals surface area contributed by atoms with Crippen LogP contribution < -0.4 is 5.48 Å². The summed E-state index contributed by atoms with van der Waals surface area (Å²) in [5, 5.41) is 8.89. The number of nitrogens with one attached hydrogen (secondary N) is 1. The lowest BCUT2D eigenvalue weighted by Gasteiger charge is -2.17. The second-order valence-electron chi connectivity index (χ2n) is 4.48. The monoisotopic (exact) mass is 265 g/mol. The smallest absolute Gasteiger partial charge is 0.244 e. The molecular formula is C14H11N5O. The minimum atomic E-state index is -0.751. The average Bonchev–Trinajstić information content (AvgIpc) is 2.92. The second-order valence-corrected chi connectivity index (χ2v) is 4.48. The Labute approximate surface area is 115 Å². The second kappa shape index (κ2) is 4.72. The van der Waals surface area contributed by atoms with Crippen molar-refractivity contribution in [3.8, 4) is 6.07 Å². The van der Waals surface area contributed by atoms with E-state index in [9.17, 15) is 0 Å². The zero-order valence-electron chi connectivity index (χ0n) is 10.7. The standard InChI is InChI=1S/C14H11N5O/c1-14(12-4-2-3-5-17-12)18-13(20-19-14)11-6-10(7-15)8-16-9-11/h2-6,8-9,19H,1H3. The van der Waals surface area contributed by atoms with Gasteiger partial charge in [0.05, 0.1) is 16.8 Å². The Kier molecular flexibility index (Phi) is 2.89. The lowest BCUT2D eigenvalue weighted by atomic mass is 10.1. The third-order valence-electron chi connectivity index (χ3n) is 2.95. The van der Waals surface area contributed by atoms with Gasteiger partial charge in [0.1, 0.15) is 6.07 Å². The van der Waals surface area contributed by atoms with Gasteiger partial charge in [-0.25, -0.2) is 4.99 Å². The van der Waals surface area contributed by atoms with E-state index in [0.717, 1.165) is 5.69 Å². The fourth-order valence-electron chi connectivity index (χ4n) is 1.90. The van der Waals surface area contributed by atoms with E-state index in [2.05, 4.69) is 20.4 Å². The predicted molar refractivity (Wildman–Crippen MR) is 71.3 cm³/mol. The molecule has 2 aromatic rings. The molecule has 0 fully saturated rings. The lowest BCUT2D eigenvalue weighted by Crippen LogP contribution is -2.33. The molecule has 0 bridgehead atoms. The summed E-state index contributed by atoms with van der Waals surface area (Å²) in [5.41, 5.74) is 3.96. The maximum Gasteiger partial charge on any atom is 0.244 e. The third kappa shape index (κ3) is 2.11. The van der Waals surface area contributed by atoms with Gasteiger partial charge in [0.15, 0.2) is 5.66 Å². The van der Waals surface area contributed by atoms with Crippen molar-refractivity contribution in [1.29, 1.82) is 5.26 Å². The molecule has 0 radical (unpaired) electrons. The minimum absolute atomic E-state index is 0.391. The SMILES string of the molecule is CC1(c2ccccn2)N=C(c2cncc(C#N)c2)ON1. The number of hydrogen-bond donors (Lipinski definition) is 1. The molecule has 3 rings (SSSR count). The van der Waals surface area contributed by atoms with Crippen LogP contribution in [-0.2, 0) is 10.5 Å². The first-order chi connectivity index (χ1) is 9.71. The first-order valence-electron chi connectivity index (χ1n) is 6.02. The largest absolute Gasteiger partial charge is 0.385 e. The van der Waals surface area contributed by atoms with Crippen molar-refractivity contribution >= 4 is 5.90 Å². The number of pyridine rings is 2. The number of hydrogen-bond acceptors (Lipinski definition) is 6. The Hall–Kier alpha value is -2.78. The van der Waals surface area contributed by atoms with E-state index < -0.39 is 5.66 Å². The molecule has 0 aliphatic carbocycles. The summed E-state index contributed by atoms with van der Waals surface area (Å²) in [6, 6.07) is 9.31. The Morgan fingerprint density at radius 2 is 2.25 bits per heavy atom. The number of nitrogens with zero attached hydrogens (tertiary/aromatic N) is 4. The quantitative estimate of drug-likeness (QED) is 0.889. The van der Waals surface area contributed by atoms with E-state index in [4.69, 9.17) is 10.1 Å². The molecule has 0 amide bonds. The van der Waals surface area contributed by atoms with Crippen molar-refractivity contribution in [3.63, 3.8) is 0 Å². The highest BCUT2D eigenvalue weighted by Crippen LogP contribution is 2.26. The molecule has 0 saturated carbocycles. The molecule has 0 spiro atoms. The molecule has 1 atom stereocenters. The lowest BCUT2D eigenvalue weighted by molar-refractivity contribution is 0.126. The number of aromatic nitrogens is 2. The van der Waals surface area contributed by atoms with Crippen LogP contribution in [0.3, 0.4) is 0 Å². The van der Waals surface area contributed by atoms with Gasteiger partial charge in [0.2, 0.25) is 5.90 Å². The van der Waals surface area contributed by atoms with Crippen LogP contribution in [0.25, 0.3) is 0 Å². The van der Waals surface area contributed by atoms with E-state index in [1.807, 2.05) is 31.2 Å². The molecule has 1 aliphatic rings. The van der Waals surface area contributed by atoms with Gasteiger partial charge in [0, 0.05) is 18.6 Å². The Morgan fingerprint density at radius 3 is 3.00 bits per heavy atom. The number of hydroxylamine groups is 1. The van der Waals surface area contributed by atoms with Crippen molar-refractivity contribution in [2.75, 3.05) is 0 Å². The van der Waals surface area contributed by atoms with E-state index in [1.165, 1.54) is 6.20 Å². The maximum atomic E-state index is 8.89. The van der Waals surface area contributed by atoms with Crippen molar-refractivity contribution in [1.82, 2.24) is 15.4 Å². The fourth-order valence-corrected chi connectivity index (χ4v) is 1.90. The van der Waals surface area contributed by atoms with E-state index >= 15 is 0 Å². The van der Waals surface area contributed by atoms with E-state index in [1.54, 1.807) is 18.5 Å². The zero-order valence-corrected chi connectivity index (χ0v) is 10.7. The van der Waals surface area contributed by atoms with Crippen molar-refractivity contribution in [2.24, 2.45) is 4.99 Å². The van der Waals surface area contributed by atoms with Crippen LogP contribution in [0.5, 0.6) is 0 Å². The first-order valence-corrected chi connectivity index (χ1v) is 6.02. The van der Waals surface area contributed by atoms with Crippen molar-refractivity contribution in [3.05, 3.63) is 59.7 Å². The summed E-state index contributed by atoms with van der Waals surface area (Å²) in [7, 11) is 0. The molecule has 0 saturated heterocycles. The topological polar surface area (TPSA) is 83.2 Å². The van der Waals surface area contributed by atoms with Crippen LogP contribution in [0.1, 0.15) is 23.7 Å². The molecule has 20 heavy (non-hydrogen) atoms. The molecule has 98 valence electrons. The molecule has 6 heteroatoms. The van der Waals surface area contributed by atoms with Gasteiger partial charge in [-0.3, -0.25) is 9.97 Å². The molecule has 2 aromatic heterocycles. The van der Waals surface area contributed by atoms with E-state index in [-0.39, 0.29) is 0 Å². The summed E-state index contributed by atoms with van der Waals surface area (Å²) < 4.78 is 0. The highest BCUT2D eigenvalue weighted by Gasteiger charge is 2.35. The van der Waals surface area contributed by atoms with Gasteiger partial charge in [0.25, 0.3) is 0 Å². The van der Waals surface area contributed by atoms with Gasteiger partial charge in [-0.2, -0.15) is 5.26 Å². The molecule has 1 N–H and O–H groups in total. The predicted octanol–water partition coefficient (Wildman–Crippen LogP) is 1.50. The normalized spacial score (nSPS) is 20.9. The summed E-state index contributed by atoms with van der Waals surface area (Å²) in [6.07, 6.45) is 4.80. The Morgan fingerprint density at radius 1 is 1.35 bits per heavy atom. The van der Waals surface area contributed by atoms with Crippen LogP contribution >= 0.6 is 0 Å². The van der Waals surface area contributed by atoms with Gasteiger partial charge < -0.3 is 4.84 Å². The fraction of sp³-hybridized carbons (Fsp3) is 0.143. The van der Waals surface area contributed by atoms with Gasteiger partial charge in [-0.05, 0) is 25.1 Å². The van der Waals surface area contributed by atoms with E-state index in [0.29, 0.717) is 17.0 Å². The first kappa shape index (κ1) is 12.3. The average molecular weight is 265 g/mol. The van der Waals surface area contributed by atoms with Crippen molar-refractivity contribution in [2.45, 2.75) is 12.6 Å². The zero-order chi connectivity index (χ0) is 14.0. The highest BCUT2D eigenvalue weighted by molar-refractivity contribution is 5.95. The number of rotatable bonds is 2. The summed E-state index contributed by atoms with van der Waals surface area (Å²) in [5.74, 6) is 0.391. The number of nitriles is 1. The molecule has 0 aromatic carbocycles. The van der Waals surface area contributed by atoms with Crippen LogP contribution in [0.2, 0.25) is 0 Å². The summed E-state index contributed by atoms with van der Waals surface area (Å²) >= 11 is 0. The molecule has 3 heterocycles. The molecule has 1 aliphatic heterocycles. The van der Waals surface area contributed by atoms with Gasteiger partial charge in [-0.15, -0.1) is 5.48 Å². The van der Waals surface area contributed by atoms with Crippen LogP contribution in [0, 0.1) is 11.3 Å². The Balaban J connectivity index is 1.97. The minimum Gasteiger partial charge on any atom is -0.385 e. The summed E-state index contributed by atoms with van der Waals surface area (Å²) in [4.78, 5) is 18.2. The van der Waals surface area contributed by atoms with Crippen molar-refractivity contribution < 1.29 is 4.84 Å². The van der Waals surface area contributed by atoms with Crippen LogP contribution in [0.4, 0.5) is 0 Å². The third-order valence-corrected chi connectivity index (χ3v) is 2.95. The maximum absolute atomic E-state index is 8.89. The molecular weight excluding hydrogens is 254 g/mol. The highest BCUT2D eigenvalue weighted by atomic mass is 16.7. The van der Waals surface area contributed by atoms with Gasteiger partial charge >= 0.3 is 0 Å². The Bertz CT molecular complexity index is 707. The van der Waals surface area contributed by atoms with Crippen LogP contribution in [-0.4, -0.2) is 15.9 Å². The van der Waals surface area contributed by atoms with Gasteiger partial charge in [-0.1, -0.05) is 6.07 Å². The molecule has 1 unspecified atom stereocenters. The molecule has 6 nitrogen and oxygen atoms in total.